The van der Waals surface area contributed by atoms with E-state index in [-0.39, 0.29) is 0 Å². The Hall–Kier alpha value is -3.56. The molecule has 2 aromatic carbocycles. The van der Waals surface area contributed by atoms with Gasteiger partial charge in [0.15, 0.2) is 0 Å². The number of nitriles is 1. The van der Waals surface area contributed by atoms with E-state index < -0.39 is 0 Å². The van der Waals surface area contributed by atoms with Crippen molar-refractivity contribution in [2.24, 2.45) is 0 Å². The molecule has 3 aromatic rings. The van der Waals surface area contributed by atoms with E-state index in [1.807, 2.05) is 30.5 Å². The van der Waals surface area contributed by atoms with Gasteiger partial charge in [-0.3, -0.25) is 0 Å². The predicted molar refractivity (Wildman–Crippen MR) is 145 cm³/mol. The summed E-state index contributed by atoms with van der Waals surface area (Å²) in [6.07, 6.45) is 9.11. The SMILES string of the molecule is COc1ccc(-c2ccnc(N[C@@H]3CCCC[C@H]3N[C@H]3CCCN(c4ccc(C#N)cc4)C3)c2)cc1. The highest BCUT2D eigenvalue weighted by molar-refractivity contribution is 5.67. The molecule has 6 nitrogen and oxygen atoms in total. The van der Waals surface area contributed by atoms with Gasteiger partial charge < -0.3 is 20.3 Å². The zero-order valence-electron chi connectivity index (χ0n) is 21.0. The number of rotatable bonds is 7. The van der Waals surface area contributed by atoms with Gasteiger partial charge in [0.2, 0.25) is 0 Å². The molecular formula is C30H35N5O. The highest BCUT2D eigenvalue weighted by Crippen LogP contribution is 2.28. The normalized spacial score (nSPS) is 22.0. The first kappa shape index (κ1) is 24.1. The molecule has 5 rings (SSSR count). The van der Waals surface area contributed by atoms with E-state index in [0.29, 0.717) is 23.7 Å². The number of piperidine rings is 1. The van der Waals surface area contributed by atoms with Crippen molar-refractivity contribution in [3.8, 4) is 22.9 Å². The van der Waals surface area contributed by atoms with Gasteiger partial charge in [-0.05, 0) is 85.3 Å². The van der Waals surface area contributed by atoms with Crippen molar-refractivity contribution in [3.05, 3.63) is 72.4 Å². The fourth-order valence-electron chi connectivity index (χ4n) is 5.56. The largest absolute Gasteiger partial charge is 0.497 e. The molecular weight excluding hydrogens is 446 g/mol. The number of hydrogen-bond donors (Lipinski definition) is 2. The van der Waals surface area contributed by atoms with Crippen LogP contribution in [-0.4, -0.2) is 43.3 Å². The summed E-state index contributed by atoms with van der Waals surface area (Å²) in [5.41, 5.74) is 4.23. The molecule has 2 aliphatic rings. The number of anilines is 2. The summed E-state index contributed by atoms with van der Waals surface area (Å²) in [5.74, 6) is 1.80. The second-order valence-electron chi connectivity index (χ2n) is 9.91. The van der Waals surface area contributed by atoms with Gasteiger partial charge in [-0.15, -0.1) is 0 Å². The van der Waals surface area contributed by atoms with E-state index in [2.05, 4.69) is 63.0 Å². The van der Waals surface area contributed by atoms with Crippen LogP contribution >= 0.6 is 0 Å². The second-order valence-corrected chi connectivity index (χ2v) is 9.91. The molecule has 6 heteroatoms. The Bertz CT molecular complexity index is 1170. The average Bonchev–Trinajstić information content (AvgIpc) is 2.94. The Morgan fingerprint density at radius 2 is 1.69 bits per heavy atom. The van der Waals surface area contributed by atoms with Crippen LogP contribution in [0, 0.1) is 11.3 Å². The molecule has 0 spiro atoms. The Morgan fingerprint density at radius 3 is 2.44 bits per heavy atom. The minimum Gasteiger partial charge on any atom is -0.497 e. The lowest BCUT2D eigenvalue weighted by Crippen LogP contribution is -2.54. The fourth-order valence-corrected chi connectivity index (χ4v) is 5.56. The lowest BCUT2D eigenvalue weighted by Gasteiger charge is -2.40. The zero-order valence-corrected chi connectivity index (χ0v) is 21.0. The Morgan fingerprint density at radius 1 is 0.917 bits per heavy atom. The number of pyridine rings is 1. The van der Waals surface area contributed by atoms with E-state index >= 15 is 0 Å². The maximum Gasteiger partial charge on any atom is 0.126 e. The van der Waals surface area contributed by atoms with Gasteiger partial charge in [-0.2, -0.15) is 5.26 Å². The number of methoxy groups -OCH3 is 1. The molecule has 2 heterocycles. The van der Waals surface area contributed by atoms with Gasteiger partial charge in [-0.25, -0.2) is 4.98 Å². The van der Waals surface area contributed by atoms with Crippen molar-refractivity contribution in [1.29, 1.82) is 5.26 Å². The van der Waals surface area contributed by atoms with E-state index in [4.69, 9.17) is 10.00 Å². The van der Waals surface area contributed by atoms with E-state index in [1.165, 1.54) is 37.8 Å². The molecule has 36 heavy (non-hydrogen) atoms. The number of benzene rings is 2. The molecule has 2 N–H and O–H groups in total. The van der Waals surface area contributed by atoms with Crippen molar-refractivity contribution in [1.82, 2.24) is 10.3 Å². The van der Waals surface area contributed by atoms with Crippen molar-refractivity contribution in [2.75, 3.05) is 30.4 Å². The van der Waals surface area contributed by atoms with Crippen molar-refractivity contribution >= 4 is 11.5 Å². The van der Waals surface area contributed by atoms with Crippen molar-refractivity contribution < 1.29 is 4.74 Å². The second kappa shape index (κ2) is 11.5. The van der Waals surface area contributed by atoms with Crippen LogP contribution in [0.1, 0.15) is 44.1 Å². The van der Waals surface area contributed by atoms with Gasteiger partial charge in [-0.1, -0.05) is 25.0 Å². The molecule has 186 valence electrons. The highest BCUT2D eigenvalue weighted by atomic mass is 16.5. The molecule has 1 saturated carbocycles. The third-order valence-corrected chi connectivity index (χ3v) is 7.52. The van der Waals surface area contributed by atoms with Gasteiger partial charge in [0.25, 0.3) is 0 Å². The molecule has 1 aromatic heterocycles. The maximum absolute atomic E-state index is 9.10. The van der Waals surface area contributed by atoms with E-state index in [0.717, 1.165) is 42.2 Å². The molecule has 1 aliphatic heterocycles. The van der Waals surface area contributed by atoms with E-state index in [9.17, 15) is 0 Å². The molecule has 0 bridgehead atoms. The van der Waals surface area contributed by atoms with Crippen molar-refractivity contribution in [2.45, 2.75) is 56.7 Å². The third-order valence-electron chi connectivity index (χ3n) is 7.52. The van der Waals surface area contributed by atoms with Crippen LogP contribution in [0.15, 0.2) is 66.9 Å². The molecule has 0 radical (unpaired) electrons. The van der Waals surface area contributed by atoms with Crippen LogP contribution < -0.4 is 20.3 Å². The summed E-state index contributed by atoms with van der Waals surface area (Å²) < 4.78 is 5.30. The lowest BCUT2D eigenvalue weighted by molar-refractivity contribution is 0.293. The topological polar surface area (TPSA) is 73.2 Å². The van der Waals surface area contributed by atoms with Gasteiger partial charge in [0, 0.05) is 43.1 Å². The summed E-state index contributed by atoms with van der Waals surface area (Å²) in [6.45, 7) is 2.07. The van der Waals surface area contributed by atoms with E-state index in [1.54, 1.807) is 7.11 Å². The first-order valence-electron chi connectivity index (χ1n) is 13.1. The highest BCUT2D eigenvalue weighted by Gasteiger charge is 2.29. The summed E-state index contributed by atoms with van der Waals surface area (Å²) in [7, 11) is 1.69. The first-order valence-corrected chi connectivity index (χ1v) is 13.1. The number of aromatic nitrogens is 1. The molecule has 2 fully saturated rings. The number of nitrogens with one attached hydrogen (secondary N) is 2. The Kier molecular flexibility index (Phi) is 7.68. The number of nitrogens with zero attached hydrogens (tertiary/aromatic N) is 3. The average molecular weight is 482 g/mol. The summed E-state index contributed by atoms with van der Waals surface area (Å²) in [4.78, 5) is 7.10. The molecule has 3 atom stereocenters. The summed E-state index contributed by atoms with van der Waals surface area (Å²) in [5, 5.41) is 16.9. The van der Waals surface area contributed by atoms with Crippen LogP contribution in [0.4, 0.5) is 11.5 Å². The minimum absolute atomic E-state index is 0.364. The van der Waals surface area contributed by atoms with Crippen LogP contribution in [0.5, 0.6) is 5.75 Å². The number of ether oxygens (including phenoxy) is 1. The predicted octanol–water partition coefficient (Wildman–Crippen LogP) is 5.61. The lowest BCUT2D eigenvalue weighted by atomic mass is 9.89. The minimum atomic E-state index is 0.364. The van der Waals surface area contributed by atoms with Crippen LogP contribution in [0.2, 0.25) is 0 Å². The third kappa shape index (κ3) is 5.80. The summed E-state index contributed by atoms with van der Waals surface area (Å²) >= 11 is 0. The smallest absolute Gasteiger partial charge is 0.126 e. The van der Waals surface area contributed by atoms with Gasteiger partial charge in [0.05, 0.1) is 18.7 Å². The standard InChI is InChI=1S/C30H35N5O/c1-36-27-14-10-23(11-15-27)24-16-17-32-30(19-24)34-29-7-3-2-6-28(29)33-25-5-4-18-35(21-25)26-12-8-22(20-31)9-13-26/h8-17,19,25,28-29,33H,2-7,18,21H2,1H3,(H,32,34)/t25-,28+,29+/m0/s1. The molecule has 0 unspecified atom stereocenters. The van der Waals surface area contributed by atoms with Gasteiger partial charge in [0.1, 0.15) is 11.6 Å². The zero-order chi connectivity index (χ0) is 24.7. The first-order chi connectivity index (χ1) is 17.7. The quantitative estimate of drug-likeness (QED) is 0.457. The van der Waals surface area contributed by atoms with Crippen molar-refractivity contribution in [3.63, 3.8) is 0 Å². The Balaban J connectivity index is 1.23. The number of hydrogen-bond acceptors (Lipinski definition) is 6. The maximum atomic E-state index is 9.10. The molecule has 1 saturated heterocycles. The fraction of sp³-hybridized carbons (Fsp3) is 0.400. The molecule has 1 aliphatic carbocycles. The van der Waals surface area contributed by atoms with Crippen LogP contribution in [0.3, 0.4) is 0 Å². The molecule has 0 amide bonds. The summed E-state index contributed by atoms with van der Waals surface area (Å²) in [6, 6.07) is 23.8. The monoisotopic (exact) mass is 481 g/mol. The van der Waals surface area contributed by atoms with Crippen LogP contribution in [0.25, 0.3) is 11.1 Å². The Labute approximate surface area is 214 Å². The van der Waals surface area contributed by atoms with Crippen LogP contribution in [-0.2, 0) is 0 Å². The van der Waals surface area contributed by atoms with Gasteiger partial charge >= 0.3 is 0 Å².